The number of nitrogens with one attached hydrogen (secondary N) is 1. The number of nitrogens with two attached hydrogens (primary N) is 1. The number of hydrogen-bond acceptors (Lipinski definition) is 4. The van der Waals surface area contributed by atoms with E-state index in [1.165, 1.54) is 30.3 Å². The molecule has 8 heteroatoms. The van der Waals surface area contributed by atoms with Crippen LogP contribution in [0.4, 0.5) is 5.69 Å². The minimum Gasteiger partial charge on any atom is -0.496 e. The Morgan fingerprint density at radius 3 is 2.42 bits per heavy atom. The highest BCUT2D eigenvalue weighted by Gasteiger charge is 2.07. The lowest BCUT2D eigenvalue weighted by Gasteiger charge is -2.04. The highest BCUT2D eigenvalue weighted by atomic mass is 79.9. The zero-order valence-corrected chi connectivity index (χ0v) is 15.1. The highest BCUT2D eigenvalue weighted by molar-refractivity contribution is 9.10. The number of halogens is 1. The van der Waals surface area contributed by atoms with E-state index in [4.69, 9.17) is 9.88 Å². The predicted octanol–water partition coefficient (Wildman–Crippen LogP) is 2.76. The number of methoxy groups -OCH3 is 1. The maximum atomic E-state index is 11.9. The van der Waals surface area contributed by atoms with E-state index >= 15 is 0 Å². The number of carbonyl (C=O) groups is 1. The number of amides is 1. The minimum absolute atomic E-state index is 0.0147. The molecule has 3 N–H and O–H groups in total. The molecule has 126 valence electrons. The van der Waals surface area contributed by atoms with Crippen LogP contribution in [0.15, 0.2) is 57.9 Å². The van der Waals surface area contributed by atoms with E-state index in [1.807, 2.05) is 12.1 Å². The van der Waals surface area contributed by atoms with Crippen LogP contribution >= 0.6 is 15.9 Å². The molecule has 1 amide bonds. The molecule has 0 fully saturated rings. The Hall–Kier alpha value is -2.16. The van der Waals surface area contributed by atoms with Gasteiger partial charge in [0.25, 0.3) is 0 Å². The van der Waals surface area contributed by atoms with Gasteiger partial charge in [-0.25, -0.2) is 13.6 Å². The molecule has 0 aliphatic heterocycles. The van der Waals surface area contributed by atoms with Crippen molar-refractivity contribution in [3.63, 3.8) is 0 Å². The summed E-state index contributed by atoms with van der Waals surface area (Å²) in [5, 5.41) is 7.64. The van der Waals surface area contributed by atoms with Crippen LogP contribution in [-0.4, -0.2) is 21.4 Å². The maximum absolute atomic E-state index is 11.9. The summed E-state index contributed by atoms with van der Waals surface area (Å²) in [5.41, 5.74) is 1.29. The number of hydrogen-bond donors (Lipinski definition) is 2. The van der Waals surface area contributed by atoms with Crippen LogP contribution < -0.4 is 15.2 Å². The Balaban J connectivity index is 2.04. The average Bonchev–Trinajstić information content (AvgIpc) is 2.53. The van der Waals surface area contributed by atoms with Crippen molar-refractivity contribution in [2.24, 2.45) is 5.14 Å². The Morgan fingerprint density at radius 1 is 1.21 bits per heavy atom. The van der Waals surface area contributed by atoms with Crippen LogP contribution in [0.1, 0.15) is 5.56 Å². The van der Waals surface area contributed by atoms with Crippen molar-refractivity contribution in [3.8, 4) is 5.75 Å². The maximum Gasteiger partial charge on any atom is 0.248 e. The summed E-state index contributed by atoms with van der Waals surface area (Å²) in [4.78, 5) is 11.9. The first-order chi connectivity index (χ1) is 11.3. The second-order valence-corrected chi connectivity index (χ2v) is 7.20. The quantitative estimate of drug-likeness (QED) is 0.740. The molecule has 0 aliphatic carbocycles. The first-order valence-electron chi connectivity index (χ1n) is 6.75. The molecular weight excluding hydrogens is 396 g/mol. The van der Waals surface area contributed by atoms with Gasteiger partial charge in [-0.3, -0.25) is 4.79 Å². The Labute approximate surface area is 148 Å². The molecule has 24 heavy (non-hydrogen) atoms. The number of rotatable bonds is 5. The third kappa shape index (κ3) is 4.92. The summed E-state index contributed by atoms with van der Waals surface area (Å²) in [5.74, 6) is 0.358. The van der Waals surface area contributed by atoms with Crippen LogP contribution in [0.5, 0.6) is 5.75 Å². The second-order valence-electron chi connectivity index (χ2n) is 4.79. The molecule has 0 aromatic heterocycles. The van der Waals surface area contributed by atoms with Gasteiger partial charge in [0.05, 0.1) is 16.5 Å². The van der Waals surface area contributed by atoms with Gasteiger partial charge >= 0.3 is 0 Å². The lowest BCUT2D eigenvalue weighted by molar-refractivity contribution is -0.111. The molecule has 0 saturated heterocycles. The molecule has 0 heterocycles. The van der Waals surface area contributed by atoms with Gasteiger partial charge in [0.2, 0.25) is 15.9 Å². The highest BCUT2D eigenvalue weighted by Crippen LogP contribution is 2.26. The number of carbonyl (C=O) groups excluding carboxylic acids is 1. The number of benzene rings is 2. The first kappa shape index (κ1) is 18.2. The normalized spacial score (nSPS) is 11.5. The molecule has 0 bridgehead atoms. The van der Waals surface area contributed by atoms with Crippen LogP contribution in [-0.2, 0) is 14.8 Å². The van der Waals surface area contributed by atoms with Crippen molar-refractivity contribution < 1.29 is 17.9 Å². The molecular formula is C16H15BrN2O4S. The third-order valence-electron chi connectivity index (χ3n) is 3.05. The van der Waals surface area contributed by atoms with Gasteiger partial charge in [-0.1, -0.05) is 6.07 Å². The molecule has 2 aromatic rings. The van der Waals surface area contributed by atoms with Crippen molar-refractivity contribution in [1.82, 2.24) is 0 Å². The second kappa shape index (κ2) is 7.61. The summed E-state index contributed by atoms with van der Waals surface area (Å²) in [6.45, 7) is 0. The largest absolute Gasteiger partial charge is 0.496 e. The Morgan fingerprint density at radius 2 is 1.88 bits per heavy atom. The van der Waals surface area contributed by atoms with Gasteiger partial charge in [0.15, 0.2) is 0 Å². The molecule has 0 saturated carbocycles. The summed E-state index contributed by atoms with van der Waals surface area (Å²) >= 11 is 3.37. The molecule has 0 aliphatic rings. The van der Waals surface area contributed by atoms with Gasteiger partial charge < -0.3 is 10.1 Å². The van der Waals surface area contributed by atoms with E-state index in [0.717, 1.165) is 10.0 Å². The smallest absolute Gasteiger partial charge is 0.248 e. The number of primary sulfonamides is 1. The SMILES string of the molecule is COc1ccc(/C=C/C(=O)Nc2ccc(S(N)(=O)=O)cc2)cc1Br. The molecule has 0 atom stereocenters. The molecule has 6 nitrogen and oxygen atoms in total. The number of anilines is 1. The molecule has 2 aromatic carbocycles. The molecule has 0 radical (unpaired) electrons. The van der Waals surface area contributed by atoms with Gasteiger partial charge in [-0.15, -0.1) is 0 Å². The molecule has 2 rings (SSSR count). The lowest BCUT2D eigenvalue weighted by Crippen LogP contribution is -2.12. The number of ether oxygens (including phenoxy) is 1. The zero-order chi connectivity index (χ0) is 17.7. The van der Waals surface area contributed by atoms with Crippen LogP contribution in [0.25, 0.3) is 6.08 Å². The van der Waals surface area contributed by atoms with Gasteiger partial charge in [0.1, 0.15) is 5.75 Å². The van der Waals surface area contributed by atoms with Crippen LogP contribution in [0.3, 0.4) is 0 Å². The third-order valence-corrected chi connectivity index (χ3v) is 4.60. The monoisotopic (exact) mass is 410 g/mol. The minimum atomic E-state index is -3.75. The Bertz CT molecular complexity index is 877. The first-order valence-corrected chi connectivity index (χ1v) is 9.09. The molecule has 0 unspecified atom stereocenters. The lowest BCUT2D eigenvalue weighted by atomic mass is 10.2. The fraction of sp³-hybridized carbons (Fsp3) is 0.0625. The summed E-state index contributed by atoms with van der Waals surface area (Å²) in [6, 6.07) is 11.0. The fourth-order valence-corrected chi connectivity index (χ4v) is 2.94. The van der Waals surface area contributed by atoms with Crippen molar-refractivity contribution >= 4 is 43.6 Å². The van der Waals surface area contributed by atoms with E-state index in [-0.39, 0.29) is 10.8 Å². The number of sulfonamides is 1. The summed E-state index contributed by atoms with van der Waals surface area (Å²) in [6.07, 6.45) is 3.03. The van der Waals surface area contributed by atoms with E-state index < -0.39 is 10.0 Å². The summed E-state index contributed by atoms with van der Waals surface area (Å²) in [7, 11) is -2.17. The van der Waals surface area contributed by atoms with Gasteiger partial charge in [-0.2, -0.15) is 0 Å². The van der Waals surface area contributed by atoms with E-state index in [2.05, 4.69) is 21.2 Å². The fourth-order valence-electron chi connectivity index (χ4n) is 1.87. The average molecular weight is 411 g/mol. The Kier molecular flexibility index (Phi) is 5.76. The van der Waals surface area contributed by atoms with Crippen molar-refractivity contribution in [2.45, 2.75) is 4.90 Å². The van der Waals surface area contributed by atoms with Crippen LogP contribution in [0.2, 0.25) is 0 Å². The van der Waals surface area contributed by atoms with Gasteiger partial charge in [-0.05, 0) is 64.0 Å². The van der Waals surface area contributed by atoms with E-state index in [9.17, 15) is 13.2 Å². The molecule has 0 spiro atoms. The van der Waals surface area contributed by atoms with Crippen LogP contribution in [0, 0.1) is 0 Å². The van der Waals surface area contributed by atoms with Crippen molar-refractivity contribution in [1.29, 1.82) is 0 Å². The predicted molar refractivity (Wildman–Crippen MR) is 96.2 cm³/mol. The summed E-state index contributed by atoms with van der Waals surface area (Å²) < 4.78 is 28.3. The zero-order valence-electron chi connectivity index (χ0n) is 12.7. The standard InChI is InChI=1S/C16H15BrN2O4S/c1-23-15-8-2-11(10-14(15)17)3-9-16(20)19-12-4-6-13(7-5-12)24(18,21)22/h2-10H,1H3,(H,19,20)(H2,18,21,22)/b9-3+. The van der Waals surface area contributed by atoms with Crippen molar-refractivity contribution in [3.05, 3.63) is 58.6 Å². The van der Waals surface area contributed by atoms with E-state index in [1.54, 1.807) is 19.3 Å². The van der Waals surface area contributed by atoms with Gasteiger partial charge in [0, 0.05) is 11.8 Å². The topological polar surface area (TPSA) is 98.5 Å². The van der Waals surface area contributed by atoms with Crippen molar-refractivity contribution in [2.75, 3.05) is 12.4 Å². The van der Waals surface area contributed by atoms with E-state index in [0.29, 0.717) is 11.4 Å².